The Balaban J connectivity index is 1.49. The zero-order chi connectivity index (χ0) is 20.9. The Bertz CT molecular complexity index is 977. The Hall–Kier alpha value is -2.64. The summed E-state index contributed by atoms with van der Waals surface area (Å²) in [5.41, 5.74) is 11.5. The van der Waals surface area contributed by atoms with Crippen LogP contribution in [0, 0.1) is 0 Å². The smallest absolute Gasteiger partial charge is 0.319 e. The fraction of sp³-hybridized carbons (Fsp3) is 0.478. The average Bonchev–Trinajstić information content (AvgIpc) is 3.13. The van der Waals surface area contributed by atoms with E-state index in [1.54, 1.807) is 0 Å². The number of aromatic amines is 1. The topological polar surface area (TPSA) is 83.3 Å². The van der Waals surface area contributed by atoms with E-state index in [2.05, 4.69) is 63.0 Å². The first-order chi connectivity index (χ1) is 14.6. The number of nitrogens with zero attached hydrogens (tertiary/aromatic N) is 4. The van der Waals surface area contributed by atoms with E-state index in [9.17, 15) is 0 Å². The third-order valence-electron chi connectivity index (χ3n) is 5.73. The fourth-order valence-electron chi connectivity index (χ4n) is 3.89. The van der Waals surface area contributed by atoms with Crippen molar-refractivity contribution in [2.45, 2.75) is 32.7 Å². The fourth-order valence-corrected chi connectivity index (χ4v) is 3.89. The summed E-state index contributed by atoms with van der Waals surface area (Å²) in [5, 5.41) is 0. The Labute approximate surface area is 178 Å². The number of ether oxygens (including phenoxy) is 1. The highest BCUT2D eigenvalue weighted by molar-refractivity contribution is 5.87. The van der Waals surface area contributed by atoms with Crippen LogP contribution in [0.2, 0.25) is 0 Å². The van der Waals surface area contributed by atoms with Gasteiger partial charge in [0.15, 0.2) is 5.82 Å². The second-order valence-corrected chi connectivity index (χ2v) is 8.21. The molecule has 1 aromatic carbocycles. The van der Waals surface area contributed by atoms with Crippen LogP contribution in [0.5, 0.6) is 6.01 Å². The molecule has 1 aliphatic rings. The molecule has 1 aliphatic heterocycles. The molecule has 0 saturated carbocycles. The van der Waals surface area contributed by atoms with Crippen molar-refractivity contribution in [3.63, 3.8) is 0 Å². The van der Waals surface area contributed by atoms with Crippen molar-refractivity contribution in [3.8, 4) is 6.01 Å². The lowest BCUT2D eigenvalue weighted by molar-refractivity contribution is 0.148. The van der Waals surface area contributed by atoms with Crippen LogP contribution in [0.3, 0.4) is 0 Å². The number of rotatable bonds is 8. The van der Waals surface area contributed by atoms with Gasteiger partial charge < -0.3 is 20.4 Å². The monoisotopic (exact) mass is 408 g/mol. The number of benzene rings is 1. The lowest BCUT2D eigenvalue weighted by Gasteiger charge is -2.32. The zero-order valence-electron chi connectivity index (χ0n) is 18.0. The predicted octanol–water partition coefficient (Wildman–Crippen LogP) is 3.06. The minimum atomic E-state index is 0.359. The molecule has 7 nitrogen and oxygen atoms in total. The van der Waals surface area contributed by atoms with Gasteiger partial charge in [-0.25, -0.2) is 0 Å². The molecule has 7 heteroatoms. The molecule has 0 radical (unpaired) electrons. The van der Waals surface area contributed by atoms with Crippen molar-refractivity contribution in [3.05, 3.63) is 47.2 Å². The SMILES string of the molecule is CCCCOc1nc(N)c2[nH]cc(Cc3cccc(CN4CCN(C)CC4)c3)c2n1. The molecule has 0 aliphatic carbocycles. The van der Waals surface area contributed by atoms with Gasteiger partial charge in [-0.2, -0.15) is 9.97 Å². The minimum Gasteiger partial charge on any atom is -0.463 e. The van der Waals surface area contributed by atoms with Crippen molar-refractivity contribution >= 4 is 16.9 Å². The van der Waals surface area contributed by atoms with Crippen molar-refractivity contribution in [1.29, 1.82) is 0 Å². The second-order valence-electron chi connectivity index (χ2n) is 8.21. The maximum Gasteiger partial charge on any atom is 0.319 e. The summed E-state index contributed by atoms with van der Waals surface area (Å²) in [5.74, 6) is 0.432. The molecule has 0 atom stereocenters. The average molecular weight is 409 g/mol. The molecule has 1 fully saturated rings. The number of fused-ring (bicyclic) bond motifs is 1. The van der Waals surface area contributed by atoms with E-state index in [0.717, 1.165) is 68.6 Å². The van der Waals surface area contributed by atoms with Crippen LogP contribution in [-0.2, 0) is 13.0 Å². The van der Waals surface area contributed by atoms with Crippen molar-refractivity contribution in [1.82, 2.24) is 24.8 Å². The maximum atomic E-state index is 6.13. The highest BCUT2D eigenvalue weighted by Gasteiger charge is 2.15. The first-order valence-corrected chi connectivity index (χ1v) is 10.9. The van der Waals surface area contributed by atoms with Gasteiger partial charge in [0.1, 0.15) is 11.0 Å². The summed E-state index contributed by atoms with van der Waals surface area (Å²) in [7, 11) is 2.19. The number of H-pyrrole nitrogens is 1. The molecule has 0 bridgehead atoms. The number of hydrogen-bond acceptors (Lipinski definition) is 6. The molecule has 3 N–H and O–H groups in total. The Morgan fingerprint density at radius 3 is 2.73 bits per heavy atom. The Morgan fingerprint density at radius 2 is 1.93 bits per heavy atom. The number of piperazine rings is 1. The molecular formula is C23H32N6O. The van der Waals surface area contributed by atoms with Gasteiger partial charge in [0.2, 0.25) is 0 Å². The maximum absolute atomic E-state index is 6.13. The largest absolute Gasteiger partial charge is 0.463 e. The highest BCUT2D eigenvalue weighted by Crippen LogP contribution is 2.25. The molecule has 0 amide bonds. The number of nitrogens with two attached hydrogens (primary N) is 1. The molecule has 30 heavy (non-hydrogen) atoms. The molecule has 0 unspecified atom stereocenters. The number of nitrogens with one attached hydrogen (secondary N) is 1. The minimum absolute atomic E-state index is 0.359. The van der Waals surface area contributed by atoms with Gasteiger partial charge in [0.25, 0.3) is 0 Å². The molecule has 160 valence electrons. The number of aromatic nitrogens is 3. The second kappa shape index (κ2) is 9.45. The van der Waals surface area contributed by atoms with Crippen LogP contribution in [0.1, 0.15) is 36.5 Å². The number of hydrogen-bond donors (Lipinski definition) is 2. The molecule has 1 saturated heterocycles. The van der Waals surface area contributed by atoms with Crippen molar-refractivity contribution in [2.75, 3.05) is 45.6 Å². The van der Waals surface area contributed by atoms with Gasteiger partial charge in [-0.3, -0.25) is 4.90 Å². The number of nitrogen functional groups attached to an aromatic ring is 1. The van der Waals surface area contributed by atoms with Gasteiger partial charge >= 0.3 is 6.01 Å². The molecule has 4 rings (SSSR count). The van der Waals surface area contributed by atoms with Gasteiger partial charge in [-0.05, 0) is 24.6 Å². The van der Waals surface area contributed by atoms with Crippen molar-refractivity contribution < 1.29 is 4.74 Å². The third kappa shape index (κ3) is 4.91. The summed E-state index contributed by atoms with van der Waals surface area (Å²) in [6.45, 7) is 8.26. The van der Waals surface area contributed by atoms with Crippen molar-refractivity contribution in [2.24, 2.45) is 0 Å². The Morgan fingerprint density at radius 1 is 1.13 bits per heavy atom. The van der Waals surface area contributed by atoms with Crippen LogP contribution in [0.4, 0.5) is 5.82 Å². The van der Waals surface area contributed by atoms with Gasteiger partial charge in [0, 0.05) is 50.9 Å². The summed E-state index contributed by atoms with van der Waals surface area (Å²) in [4.78, 5) is 17.1. The number of anilines is 1. The van der Waals surface area contributed by atoms with E-state index in [-0.39, 0.29) is 0 Å². The van der Waals surface area contributed by atoms with Crippen LogP contribution < -0.4 is 10.5 Å². The normalized spacial score (nSPS) is 15.7. The standard InChI is InChI=1S/C23H32N6O/c1-3-4-12-30-23-26-20-19(15-25-21(20)22(24)27-23)14-17-6-5-7-18(13-17)16-29-10-8-28(2)9-11-29/h5-7,13,15,25H,3-4,8-12,14,16H2,1-2H3,(H2,24,26,27). The quantitative estimate of drug-likeness (QED) is 0.558. The third-order valence-corrected chi connectivity index (χ3v) is 5.73. The van der Waals surface area contributed by atoms with E-state index < -0.39 is 0 Å². The lowest BCUT2D eigenvalue weighted by atomic mass is 10.0. The van der Waals surface area contributed by atoms with Crippen LogP contribution in [-0.4, -0.2) is 64.6 Å². The van der Waals surface area contributed by atoms with Gasteiger partial charge in [-0.15, -0.1) is 0 Å². The molecule has 0 spiro atoms. The van der Waals surface area contributed by atoms with E-state index in [1.807, 2.05) is 6.20 Å². The lowest BCUT2D eigenvalue weighted by Crippen LogP contribution is -2.43. The molecule has 2 aromatic heterocycles. The molecular weight excluding hydrogens is 376 g/mol. The first-order valence-electron chi connectivity index (χ1n) is 10.9. The molecule has 3 heterocycles. The van der Waals surface area contributed by atoms with E-state index in [4.69, 9.17) is 10.5 Å². The van der Waals surface area contributed by atoms with E-state index in [0.29, 0.717) is 18.4 Å². The summed E-state index contributed by atoms with van der Waals surface area (Å²) >= 11 is 0. The van der Waals surface area contributed by atoms with E-state index >= 15 is 0 Å². The number of likely N-dealkylation sites (N-methyl/N-ethyl adjacent to an activating group) is 1. The number of unbranched alkanes of at least 4 members (excludes halogenated alkanes) is 1. The van der Waals surface area contributed by atoms with E-state index in [1.165, 1.54) is 11.1 Å². The van der Waals surface area contributed by atoms with Gasteiger partial charge in [-0.1, -0.05) is 37.6 Å². The first kappa shape index (κ1) is 20.6. The molecule has 3 aromatic rings. The van der Waals surface area contributed by atoms with Crippen LogP contribution in [0.15, 0.2) is 30.5 Å². The van der Waals surface area contributed by atoms with Crippen LogP contribution in [0.25, 0.3) is 11.0 Å². The Kier molecular flexibility index (Phi) is 6.50. The zero-order valence-corrected chi connectivity index (χ0v) is 18.0. The summed E-state index contributed by atoms with van der Waals surface area (Å²) in [6, 6.07) is 9.21. The van der Waals surface area contributed by atoms with Crippen LogP contribution >= 0.6 is 0 Å². The summed E-state index contributed by atoms with van der Waals surface area (Å²) < 4.78 is 5.70. The predicted molar refractivity (Wildman–Crippen MR) is 121 cm³/mol. The van der Waals surface area contributed by atoms with Gasteiger partial charge in [0.05, 0.1) is 6.61 Å². The highest BCUT2D eigenvalue weighted by atomic mass is 16.5. The summed E-state index contributed by atoms with van der Waals surface area (Å²) in [6.07, 6.45) is 4.82.